The summed E-state index contributed by atoms with van der Waals surface area (Å²) in [6.07, 6.45) is 2.01. The van der Waals surface area contributed by atoms with Crippen LogP contribution in [0.15, 0.2) is 85.1 Å². The Bertz CT molecular complexity index is 1100. The Hall–Kier alpha value is -3.53. The number of H-pyrrole nitrogens is 1. The molecule has 29 heavy (non-hydrogen) atoms. The second-order valence-electron chi connectivity index (χ2n) is 6.92. The van der Waals surface area contributed by atoms with E-state index >= 15 is 0 Å². The molecule has 0 bridgehead atoms. The van der Waals surface area contributed by atoms with Gasteiger partial charge in [0.15, 0.2) is 0 Å². The van der Waals surface area contributed by atoms with Crippen molar-refractivity contribution in [3.63, 3.8) is 0 Å². The zero-order valence-corrected chi connectivity index (χ0v) is 16.6. The average molecular weight is 384 g/mol. The van der Waals surface area contributed by atoms with E-state index < -0.39 is 0 Å². The van der Waals surface area contributed by atoms with Crippen molar-refractivity contribution in [1.82, 2.24) is 4.98 Å². The van der Waals surface area contributed by atoms with Crippen LogP contribution in [0, 0.1) is 0 Å². The molecular formula is C25H24N2O2. The lowest BCUT2D eigenvalue weighted by atomic mass is 9.95. The summed E-state index contributed by atoms with van der Waals surface area (Å²) in [5.74, 6) is 0.774. The van der Waals surface area contributed by atoms with Crippen LogP contribution in [0.4, 0.5) is 5.69 Å². The Morgan fingerprint density at radius 1 is 0.966 bits per heavy atom. The lowest BCUT2D eigenvalue weighted by Gasteiger charge is -2.31. The Kier molecular flexibility index (Phi) is 5.34. The SMILES string of the molecule is CCOc1ccc(N(C(C)=O)C(c2ccccc2)c2c[nH]c3ccccc23)cc1. The number of aromatic amines is 1. The van der Waals surface area contributed by atoms with Crippen LogP contribution in [-0.2, 0) is 4.79 Å². The van der Waals surface area contributed by atoms with Gasteiger partial charge in [0.05, 0.1) is 12.6 Å². The monoisotopic (exact) mass is 384 g/mol. The van der Waals surface area contributed by atoms with Crippen molar-refractivity contribution in [1.29, 1.82) is 0 Å². The molecule has 0 aliphatic rings. The third-order valence-corrected chi connectivity index (χ3v) is 5.05. The summed E-state index contributed by atoms with van der Waals surface area (Å²) in [4.78, 5) is 18.1. The minimum Gasteiger partial charge on any atom is -0.494 e. The van der Waals surface area contributed by atoms with Crippen molar-refractivity contribution in [3.8, 4) is 5.75 Å². The highest BCUT2D eigenvalue weighted by Crippen LogP contribution is 2.37. The second-order valence-corrected chi connectivity index (χ2v) is 6.92. The van der Waals surface area contributed by atoms with Crippen molar-refractivity contribution in [2.75, 3.05) is 11.5 Å². The summed E-state index contributed by atoms with van der Waals surface area (Å²) in [5.41, 5.74) is 4.01. The molecule has 1 heterocycles. The zero-order valence-electron chi connectivity index (χ0n) is 16.6. The summed E-state index contributed by atoms with van der Waals surface area (Å²) < 4.78 is 5.57. The number of anilines is 1. The van der Waals surface area contributed by atoms with Crippen LogP contribution in [0.25, 0.3) is 10.9 Å². The van der Waals surface area contributed by atoms with E-state index in [4.69, 9.17) is 4.74 Å². The van der Waals surface area contributed by atoms with Gasteiger partial charge in [-0.05, 0) is 42.8 Å². The maximum atomic E-state index is 12.9. The van der Waals surface area contributed by atoms with Crippen molar-refractivity contribution in [2.24, 2.45) is 0 Å². The van der Waals surface area contributed by atoms with Gasteiger partial charge in [-0.2, -0.15) is 0 Å². The fourth-order valence-corrected chi connectivity index (χ4v) is 3.81. The normalized spacial score (nSPS) is 11.9. The quantitative estimate of drug-likeness (QED) is 0.463. The molecule has 4 nitrogen and oxygen atoms in total. The molecule has 4 heteroatoms. The largest absolute Gasteiger partial charge is 0.494 e. The van der Waals surface area contributed by atoms with E-state index in [1.54, 1.807) is 6.92 Å². The standard InChI is InChI=1S/C25H24N2O2/c1-3-29-21-15-13-20(14-16-21)27(18(2)28)25(19-9-5-4-6-10-19)23-17-26-24-12-8-7-11-22(23)24/h4-17,25-26H,3H2,1-2H3. The van der Waals surface area contributed by atoms with Crippen molar-refractivity contribution in [2.45, 2.75) is 19.9 Å². The van der Waals surface area contributed by atoms with E-state index in [0.29, 0.717) is 6.61 Å². The average Bonchev–Trinajstić information content (AvgIpc) is 3.17. The minimum absolute atomic E-state index is 0.0201. The number of carbonyl (C=O) groups is 1. The Morgan fingerprint density at radius 3 is 2.34 bits per heavy atom. The van der Waals surface area contributed by atoms with E-state index in [0.717, 1.165) is 33.5 Å². The zero-order chi connectivity index (χ0) is 20.2. The lowest BCUT2D eigenvalue weighted by molar-refractivity contribution is -0.116. The molecule has 3 aromatic carbocycles. The van der Waals surface area contributed by atoms with Crippen molar-refractivity contribution < 1.29 is 9.53 Å². The predicted molar refractivity (Wildman–Crippen MR) is 117 cm³/mol. The fourth-order valence-electron chi connectivity index (χ4n) is 3.81. The van der Waals surface area contributed by atoms with Gasteiger partial charge in [0.25, 0.3) is 0 Å². The van der Waals surface area contributed by atoms with E-state index in [1.165, 1.54) is 0 Å². The highest BCUT2D eigenvalue weighted by molar-refractivity contribution is 5.95. The number of carbonyl (C=O) groups excluding carboxylic acids is 1. The Labute approximate surface area is 170 Å². The molecule has 0 radical (unpaired) electrons. The van der Waals surface area contributed by atoms with Crippen molar-refractivity contribution >= 4 is 22.5 Å². The highest BCUT2D eigenvalue weighted by atomic mass is 16.5. The fraction of sp³-hybridized carbons (Fsp3) is 0.160. The van der Waals surface area contributed by atoms with Crippen LogP contribution in [0.1, 0.15) is 31.0 Å². The number of benzene rings is 3. The molecular weight excluding hydrogens is 360 g/mol. The van der Waals surface area contributed by atoms with Gasteiger partial charge in [-0.15, -0.1) is 0 Å². The molecule has 4 rings (SSSR count). The van der Waals surface area contributed by atoms with Crippen molar-refractivity contribution in [3.05, 3.63) is 96.2 Å². The summed E-state index contributed by atoms with van der Waals surface area (Å²) in [6, 6.07) is 25.8. The molecule has 0 aliphatic heterocycles. The van der Waals surface area contributed by atoms with E-state index in [9.17, 15) is 4.79 Å². The van der Waals surface area contributed by atoms with Crippen LogP contribution in [-0.4, -0.2) is 17.5 Å². The summed E-state index contributed by atoms with van der Waals surface area (Å²) in [5, 5.41) is 1.11. The lowest BCUT2D eigenvalue weighted by Crippen LogP contribution is -2.33. The van der Waals surface area contributed by atoms with Crippen LogP contribution in [0.2, 0.25) is 0 Å². The molecule has 0 fully saturated rings. The minimum atomic E-state index is -0.247. The number of ether oxygens (including phenoxy) is 1. The molecule has 1 N–H and O–H groups in total. The van der Waals surface area contributed by atoms with Gasteiger partial charge < -0.3 is 14.6 Å². The van der Waals surface area contributed by atoms with Gasteiger partial charge in [-0.1, -0.05) is 48.5 Å². The number of amides is 1. The van der Waals surface area contributed by atoms with Crippen LogP contribution < -0.4 is 9.64 Å². The molecule has 1 amide bonds. The number of nitrogens with one attached hydrogen (secondary N) is 1. The number of aromatic nitrogens is 1. The summed E-state index contributed by atoms with van der Waals surface area (Å²) >= 11 is 0. The highest BCUT2D eigenvalue weighted by Gasteiger charge is 2.28. The number of hydrogen-bond acceptors (Lipinski definition) is 2. The molecule has 4 aromatic rings. The third-order valence-electron chi connectivity index (χ3n) is 5.05. The molecule has 1 atom stereocenters. The number of fused-ring (bicyclic) bond motifs is 1. The van der Waals surface area contributed by atoms with Gasteiger partial charge in [0.1, 0.15) is 5.75 Å². The second kappa shape index (κ2) is 8.23. The number of rotatable bonds is 6. The van der Waals surface area contributed by atoms with Gasteiger partial charge in [0, 0.05) is 35.3 Å². The molecule has 146 valence electrons. The first-order valence-corrected chi connectivity index (χ1v) is 9.82. The molecule has 0 spiro atoms. The van der Waals surface area contributed by atoms with Gasteiger partial charge in [-0.25, -0.2) is 0 Å². The van der Waals surface area contributed by atoms with E-state index in [1.807, 2.05) is 72.6 Å². The third kappa shape index (κ3) is 3.74. The van der Waals surface area contributed by atoms with Crippen LogP contribution in [0.5, 0.6) is 5.75 Å². The molecule has 1 unspecified atom stereocenters. The Balaban J connectivity index is 1.87. The smallest absolute Gasteiger partial charge is 0.224 e. The number of para-hydroxylation sites is 1. The van der Waals surface area contributed by atoms with E-state index in [2.05, 4.69) is 29.2 Å². The first-order chi connectivity index (χ1) is 14.2. The summed E-state index contributed by atoms with van der Waals surface area (Å²) in [7, 11) is 0. The maximum absolute atomic E-state index is 12.9. The number of nitrogens with zero attached hydrogens (tertiary/aromatic N) is 1. The topological polar surface area (TPSA) is 45.3 Å². The molecule has 0 saturated carbocycles. The number of hydrogen-bond donors (Lipinski definition) is 1. The maximum Gasteiger partial charge on any atom is 0.224 e. The van der Waals surface area contributed by atoms with Gasteiger partial charge in [-0.3, -0.25) is 4.79 Å². The van der Waals surface area contributed by atoms with Gasteiger partial charge >= 0.3 is 0 Å². The van der Waals surface area contributed by atoms with E-state index in [-0.39, 0.29) is 11.9 Å². The van der Waals surface area contributed by atoms with Crippen LogP contribution in [0.3, 0.4) is 0 Å². The molecule has 0 aliphatic carbocycles. The summed E-state index contributed by atoms with van der Waals surface area (Å²) in [6.45, 7) is 4.18. The molecule has 1 aromatic heterocycles. The first kappa shape index (κ1) is 18.8. The first-order valence-electron chi connectivity index (χ1n) is 9.82. The Morgan fingerprint density at radius 2 is 1.66 bits per heavy atom. The van der Waals surface area contributed by atoms with Gasteiger partial charge in [0.2, 0.25) is 5.91 Å². The molecule has 0 saturated heterocycles. The van der Waals surface area contributed by atoms with Crippen LogP contribution >= 0.6 is 0 Å². The predicted octanol–water partition coefficient (Wildman–Crippen LogP) is 5.71.